The molecule has 2 heterocycles. The highest BCUT2D eigenvalue weighted by Gasteiger charge is 2.09. The summed E-state index contributed by atoms with van der Waals surface area (Å²) in [4.78, 5) is 6.94. The number of anilines is 1. The van der Waals surface area contributed by atoms with Crippen molar-refractivity contribution in [2.24, 2.45) is 5.10 Å². The maximum absolute atomic E-state index is 3.99. The summed E-state index contributed by atoms with van der Waals surface area (Å²) >= 11 is 0. The van der Waals surface area contributed by atoms with E-state index < -0.39 is 0 Å². The molecular weight excluding hydrogens is 116 g/mol. The Bertz CT molecular complexity index is 213. The van der Waals surface area contributed by atoms with E-state index in [9.17, 15) is 0 Å². The molecule has 4 nitrogen and oxygen atoms in total. The number of aromatic nitrogens is 2. The van der Waals surface area contributed by atoms with Crippen LogP contribution < -0.4 is 5.01 Å². The van der Waals surface area contributed by atoms with Gasteiger partial charge in [0.15, 0.2) is 0 Å². The molecule has 1 aliphatic heterocycles. The Morgan fingerprint density at radius 3 is 3.00 bits per heavy atom. The predicted molar refractivity (Wildman–Crippen MR) is 34.4 cm³/mol. The largest absolute Gasteiger partial charge is 0.329 e. The number of aromatic amines is 1. The number of hydrazone groups is 1. The second kappa shape index (κ2) is 1.58. The van der Waals surface area contributed by atoms with Crippen molar-refractivity contribution < 1.29 is 0 Å². The van der Waals surface area contributed by atoms with Crippen LogP contribution in [0.3, 0.4) is 0 Å². The molecule has 1 N–H and O–H groups in total. The Hall–Kier alpha value is -1.32. The van der Waals surface area contributed by atoms with E-state index in [-0.39, 0.29) is 0 Å². The number of H-pyrrole nitrogens is 1. The average Bonchev–Trinajstić information content (AvgIpc) is 2.11. The summed E-state index contributed by atoms with van der Waals surface area (Å²) in [6.07, 6.45) is 5.33. The van der Waals surface area contributed by atoms with E-state index in [1.807, 2.05) is 6.21 Å². The second-order valence-corrected chi connectivity index (χ2v) is 1.79. The molecule has 0 saturated heterocycles. The lowest BCUT2D eigenvalue weighted by Gasteiger charge is -2.19. The zero-order valence-electron chi connectivity index (χ0n) is 4.78. The smallest absolute Gasteiger partial charge is 0.223 e. The fourth-order valence-electron chi connectivity index (χ4n) is 0.703. The Morgan fingerprint density at radius 1 is 1.67 bits per heavy atom. The van der Waals surface area contributed by atoms with Crippen molar-refractivity contribution in [2.75, 3.05) is 11.6 Å². The first kappa shape index (κ1) is 4.55. The summed E-state index contributed by atoms with van der Waals surface area (Å²) in [5.74, 6) is 0.817. The molecule has 0 atom stereocenters. The quantitative estimate of drug-likeness (QED) is 0.579. The molecule has 0 spiro atoms. The first-order valence-electron chi connectivity index (χ1n) is 2.76. The van der Waals surface area contributed by atoms with Crippen LogP contribution in [-0.2, 0) is 0 Å². The molecule has 0 amide bonds. The molecule has 0 bridgehead atoms. The van der Waals surface area contributed by atoms with Crippen LogP contribution in [0.1, 0.15) is 0 Å². The molecule has 0 unspecified atom stereocenters. The number of imidazole rings is 1. The highest BCUT2D eigenvalue weighted by molar-refractivity contribution is 5.71. The Balaban J connectivity index is 2.25. The van der Waals surface area contributed by atoms with E-state index in [4.69, 9.17) is 0 Å². The van der Waals surface area contributed by atoms with Crippen molar-refractivity contribution in [3.63, 3.8) is 0 Å². The van der Waals surface area contributed by atoms with Gasteiger partial charge in [-0.1, -0.05) is 0 Å². The van der Waals surface area contributed by atoms with Gasteiger partial charge < -0.3 is 4.98 Å². The van der Waals surface area contributed by atoms with Crippen molar-refractivity contribution in [3.8, 4) is 0 Å². The van der Waals surface area contributed by atoms with Gasteiger partial charge in [0.1, 0.15) is 0 Å². The molecule has 0 radical (unpaired) electrons. The van der Waals surface area contributed by atoms with Gasteiger partial charge in [0, 0.05) is 18.6 Å². The molecule has 1 aliphatic rings. The van der Waals surface area contributed by atoms with Crippen LogP contribution in [-0.4, -0.2) is 22.7 Å². The van der Waals surface area contributed by atoms with E-state index in [0.29, 0.717) is 0 Å². The van der Waals surface area contributed by atoms with E-state index in [1.165, 1.54) is 0 Å². The lowest BCUT2D eigenvalue weighted by Crippen LogP contribution is -2.28. The molecule has 0 fully saturated rings. The molecule has 4 heteroatoms. The van der Waals surface area contributed by atoms with E-state index in [0.717, 1.165) is 12.5 Å². The minimum atomic E-state index is 0.817. The zero-order valence-corrected chi connectivity index (χ0v) is 4.78. The van der Waals surface area contributed by atoms with Crippen LogP contribution in [0, 0.1) is 0 Å². The van der Waals surface area contributed by atoms with Crippen molar-refractivity contribution in [1.82, 2.24) is 9.97 Å². The molecular formula is C5H6N4. The summed E-state index contributed by atoms with van der Waals surface area (Å²) in [5.41, 5.74) is 0. The third-order valence-corrected chi connectivity index (χ3v) is 1.20. The average molecular weight is 122 g/mol. The van der Waals surface area contributed by atoms with E-state index in [2.05, 4.69) is 15.1 Å². The number of hydrogen-bond acceptors (Lipinski definition) is 3. The van der Waals surface area contributed by atoms with Gasteiger partial charge in [0.25, 0.3) is 0 Å². The molecule has 2 rings (SSSR count). The van der Waals surface area contributed by atoms with Gasteiger partial charge in [-0.3, -0.25) is 0 Å². The number of nitrogens with one attached hydrogen (secondary N) is 1. The van der Waals surface area contributed by atoms with Crippen molar-refractivity contribution in [2.45, 2.75) is 0 Å². The first-order valence-corrected chi connectivity index (χ1v) is 2.76. The SMILES string of the molecule is C1=NN(c2ncc[nH]2)C1. The molecule has 1 aromatic rings. The second-order valence-electron chi connectivity index (χ2n) is 1.79. The molecule has 46 valence electrons. The van der Waals surface area contributed by atoms with Crippen LogP contribution in [0.4, 0.5) is 5.95 Å². The van der Waals surface area contributed by atoms with Crippen LogP contribution in [0.15, 0.2) is 17.5 Å². The number of rotatable bonds is 1. The van der Waals surface area contributed by atoms with Gasteiger partial charge in [0.2, 0.25) is 5.95 Å². The fraction of sp³-hybridized carbons (Fsp3) is 0.200. The molecule has 1 aromatic heterocycles. The molecule has 0 saturated carbocycles. The maximum Gasteiger partial charge on any atom is 0.223 e. The highest BCUT2D eigenvalue weighted by Crippen LogP contribution is 2.08. The van der Waals surface area contributed by atoms with Gasteiger partial charge in [-0.2, -0.15) is 5.10 Å². The Labute approximate surface area is 52.2 Å². The number of hydrogen-bond donors (Lipinski definition) is 1. The summed E-state index contributed by atoms with van der Waals surface area (Å²) in [6, 6.07) is 0. The van der Waals surface area contributed by atoms with Gasteiger partial charge in [-0.05, 0) is 0 Å². The van der Waals surface area contributed by atoms with Gasteiger partial charge in [-0.15, -0.1) is 0 Å². The highest BCUT2D eigenvalue weighted by atomic mass is 15.5. The van der Waals surface area contributed by atoms with Gasteiger partial charge in [0.05, 0.1) is 6.54 Å². The van der Waals surface area contributed by atoms with Crippen LogP contribution >= 0.6 is 0 Å². The maximum atomic E-state index is 3.99. The minimum absolute atomic E-state index is 0.817. The topological polar surface area (TPSA) is 44.3 Å². The molecule has 0 aliphatic carbocycles. The van der Waals surface area contributed by atoms with Crippen LogP contribution in [0.25, 0.3) is 0 Å². The van der Waals surface area contributed by atoms with E-state index >= 15 is 0 Å². The third-order valence-electron chi connectivity index (χ3n) is 1.20. The van der Waals surface area contributed by atoms with Crippen LogP contribution in [0.2, 0.25) is 0 Å². The summed E-state index contributed by atoms with van der Waals surface area (Å²) in [5, 5.41) is 5.72. The van der Waals surface area contributed by atoms with Crippen molar-refractivity contribution >= 4 is 12.2 Å². The third kappa shape index (κ3) is 0.595. The summed E-state index contributed by atoms with van der Waals surface area (Å²) < 4.78 is 0. The lowest BCUT2D eigenvalue weighted by atomic mass is 10.6. The van der Waals surface area contributed by atoms with Gasteiger partial charge >= 0.3 is 0 Å². The fourth-order valence-corrected chi connectivity index (χ4v) is 0.703. The molecule has 0 aromatic carbocycles. The zero-order chi connectivity index (χ0) is 6.10. The number of nitrogens with zero attached hydrogens (tertiary/aromatic N) is 3. The van der Waals surface area contributed by atoms with Gasteiger partial charge in [-0.25, -0.2) is 9.99 Å². The lowest BCUT2D eigenvalue weighted by molar-refractivity contribution is 0.865. The Kier molecular flexibility index (Phi) is 0.798. The predicted octanol–water partition coefficient (Wildman–Crippen LogP) is 0.215. The normalized spacial score (nSPS) is 15.8. The minimum Gasteiger partial charge on any atom is -0.329 e. The summed E-state index contributed by atoms with van der Waals surface area (Å²) in [7, 11) is 0. The monoisotopic (exact) mass is 122 g/mol. The summed E-state index contributed by atoms with van der Waals surface area (Å²) in [6.45, 7) is 0.869. The van der Waals surface area contributed by atoms with Crippen molar-refractivity contribution in [3.05, 3.63) is 12.4 Å². The van der Waals surface area contributed by atoms with Crippen LogP contribution in [0.5, 0.6) is 0 Å². The molecule has 9 heavy (non-hydrogen) atoms. The Morgan fingerprint density at radius 2 is 2.56 bits per heavy atom. The van der Waals surface area contributed by atoms with E-state index in [1.54, 1.807) is 17.4 Å². The standard InChI is InChI=1S/C5H6N4/c1-2-7-5(6-1)9-4-3-8-9/h1-3H,4H2,(H,6,7). The first-order chi connectivity index (χ1) is 4.47. The van der Waals surface area contributed by atoms with Crippen molar-refractivity contribution in [1.29, 1.82) is 0 Å².